The summed E-state index contributed by atoms with van der Waals surface area (Å²) in [4.78, 5) is 15.2. The molecule has 2 fully saturated rings. The van der Waals surface area contributed by atoms with Crippen LogP contribution in [0, 0.1) is 5.82 Å². The van der Waals surface area contributed by atoms with Crippen LogP contribution >= 0.6 is 0 Å². The van der Waals surface area contributed by atoms with Gasteiger partial charge in [0.2, 0.25) is 11.8 Å². The zero-order valence-corrected chi connectivity index (χ0v) is 20.3. The first-order valence-corrected chi connectivity index (χ1v) is 11.9. The number of ether oxygens (including phenoxy) is 2. The summed E-state index contributed by atoms with van der Waals surface area (Å²) in [5.41, 5.74) is 0.973. The molecular formula is C25H27F2N7O2. The molecule has 5 heterocycles. The third-order valence-electron chi connectivity index (χ3n) is 7.31. The number of piperidine rings is 1. The summed E-state index contributed by atoms with van der Waals surface area (Å²) >= 11 is 0. The van der Waals surface area contributed by atoms with E-state index >= 15 is 8.78 Å². The second-order valence-corrected chi connectivity index (χ2v) is 10.0. The summed E-state index contributed by atoms with van der Waals surface area (Å²) in [5.74, 6) is -0.129. The molecule has 1 aromatic carbocycles. The maximum absolute atomic E-state index is 15.8. The number of hydrogen-bond acceptors (Lipinski definition) is 8. The summed E-state index contributed by atoms with van der Waals surface area (Å²) in [7, 11) is 1.46. The predicted octanol–water partition coefficient (Wildman–Crippen LogP) is 3.49. The Hall–Kier alpha value is -3.44. The van der Waals surface area contributed by atoms with E-state index in [2.05, 4.69) is 37.2 Å². The van der Waals surface area contributed by atoms with Gasteiger partial charge in [-0.25, -0.2) is 13.3 Å². The first-order chi connectivity index (χ1) is 17.3. The highest BCUT2D eigenvalue weighted by Crippen LogP contribution is 2.37. The van der Waals surface area contributed by atoms with Crippen molar-refractivity contribution < 1.29 is 18.3 Å². The lowest BCUT2D eigenvalue weighted by Gasteiger charge is -2.52. The number of alkyl halides is 1. The molecule has 9 nitrogen and oxygen atoms in total. The van der Waals surface area contributed by atoms with E-state index in [9.17, 15) is 0 Å². The van der Waals surface area contributed by atoms with Crippen LogP contribution in [0.3, 0.4) is 0 Å². The van der Waals surface area contributed by atoms with Gasteiger partial charge in [-0.05, 0) is 38.0 Å². The summed E-state index contributed by atoms with van der Waals surface area (Å²) in [6.07, 6.45) is 5.03. The molecule has 0 amide bonds. The van der Waals surface area contributed by atoms with E-state index in [-0.39, 0.29) is 23.9 Å². The fraction of sp³-hybridized carbons (Fsp3) is 0.440. The maximum Gasteiger partial charge on any atom is 0.244 e. The minimum Gasteiger partial charge on any atom is -0.479 e. The Labute approximate surface area is 206 Å². The highest BCUT2D eigenvalue weighted by atomic mass is 19.1. The van der Waals surface area contributed by atoms with Gasteiger partial charge in [0.1, 0.15) is 11.2 Å². The molecule has 1 N–H and O–H groups in total. The van der Waals surface area contributed by atoms with Gasteiger partial charge in [-0.15, -0.1) is 5.10 Å². The average molecular weight is 496 g/mol. The molecule has 188 valence electrons. The van der Waals surface area contributed by atoms with Crippen LogP contribution in [-0.4, -0.2) is 80.1 Å². The van der Waals surface area contributed by atoms with Crippen molar-refractivity contribution in [2.45, 2.75) is 37.5 Å². The Bertz CT molecular complexity index is 1450. The van der Waals surface area contributed by atoms with Gasteiger partial charge in [0.15, 0.2) is 5.82 Å². The Morgan fingerprint density at radius 3 is 2.64 bits per heavy atom. The smallest absolute Gasteiger partial charge is 0.244 e. The number of methoxy groups -OCH3 is 1. The molecule has 2 atom stereocenters. The number of fused-ring (bicyclic) bond motifs is 2. The third-order valence-corrected chi connectivity index (χ3v) is 7.31. The van der Waals surface area contributed by atoms with Crippen molar-refractivity contribution in [3.05, 3.63) is 42.6 Å². The number of anilines is 1. The first kappa shape index (κ1) is 23.0. The van der Waals surface area contributed by atoms with Gasteiger partial charge in [-0.3, -0.25) is 14.9 Å². The topological polar surface area (TPSA) is 89.7 Å². The van der Waals surface area contributed by atoms with E-state index in [4.69, 9.17) is 9.47 Å². The number of halogens is 2. The van der Waals surface area contributed by atoms with Crippen molar-refractivity contribution >= 4 is 22.5 Å². The van der Waals surface area contributed by atoms with E-state index in [0.29, 0.717) is 47.3 Å². The normalized spacial score (nSPS) is 24.1. The number of nitrogens with zero attached hydrogens (tertiary/aromatic N) is 6. The fourth-order valence-corrected chi connectivity index (χ4v) is 5.19. The van der Waals surface area contributed by atoms with Crippen molar-refractivity contribution in [3.8, 4) is 17.0 Å². The summed E-state index contributed by atoms with van der Waals surface area (Å²) in [6.45, 7) is 5.92. The molecule has 0 radical (unpaired) electrons. The standard InChI is InChI=1S/C25H27F2N7O2/c1-24(13-36-14-24)33-9-6-19(25(2,27)12-33)30-23-31-22(35-3)21-20(16(26)11-34(21)32-23)15-4-5-17-18(10-15)29-8-7-28-17/h4-5,7-8,10-11,19H,6,9,12-14H2,1-3H3,(H,30,32)/t19-,25+/m1/s1. The van der Waals surface area contributed by atoms with Gasteiger partial charge in [-0.1, -0.05) is 6.07 Å². The number of rotatable bonds is 5. The van der Waals surface area contributed by atoms with Crippen LogP contribution in [0.5, 0.6) is 5.88 Å². The van der Waals surface area contributed by atoms with Crippen LogP contribution in [0.25, 0.3) is 27.7 Å². The van der Waals surface area contributed by atoms with E-state index in [1.807, 2.05) is 0 Å². The van der Waals surface area contributed by atoms with Crippen LogP contribution in [-0.2, 0) is 4.74 Å². The van der Waals surface area contributed by atoms with Crippen molar-refractivity contribution in [1.82, 2.24) is 29.5 Å². The zero-order chi connectivity index (χ0) is 25.1. The van der Waals surface area contributed by atoms with Crippen LogP contribution in [0.15, 0.2) is 36.8 Å². The summed E-state index contributed by atoms with van der Waals surface area (Å²) < 4.78 is 43.3. The van der Waals surface area contributed by atoms with Gasteiger partial charge < -0.3 is 14.8 Å². The molecule has 2 saturated heterocycles. The highest BCUT2D eigenvalue weighted by Gasteiger charge is 2.48. The largest absolute Gasteiger partial charge is 0.479 e. The molecule has 11 heteroatoms. The number of nitrogens with one attached hydrogen (secondary N) is 1. The van der Waals surface area contributed by atoms with E-state index in [0.717, 1.165) is 6.54 Å². The molecule has 0 spiro atoms. The van der Waals surface area contributed by atoms with E-state index in [1.54, 1.807) is 37.5 Å². The minimum atomic E-state index is -1.53. The highest BCUT2D eigenvalue weighted by molar-refractivity contribution is 5.89. The SMILES string of the molecule is COc1nc(N[C@@H]2CCN(C3(C)COC3)C[C@]2(C)F)nn2cc(F)c(-c3ccc4nccnc4c3)c12. The third kappa shape index (κ3) is 3.73. The number of hydrogen-bond donors (Lipinski definition) is 1. The quantitative estimate of drug-likeness (QED) is 0.450. The Kier molecular flexibility index (Phi) is 5.31. The molecule has 0 bridgehead atoms. The van der Waals surface area contributed by atoms with Gasteiger partial charge in [0.05, 0.1) is 54.7 Å². The van der Waals surface area contributed by atoms with Crippen LogP contribution in [0.1, 0.15) is 20.3 Å². The summed E-state index contributed by atoms with van der Waals surface area (Å²) in [5, 5.41) is 7.60. The molecule has 6 rings (SSSR count). The molecule has 0 aliphatic carbocycles. The Balaban J connectivity index is 1.33. The average Bonchev–Trinajstić information content (AvgIpc) is 3.18. The Morgan fingerprint density at radius 1 is 1.17 bits per heavy atom. The van der Waals surface area contributed by atoms with Crippen LogP contribution in [0.4, 0.5) is 14.7 Å². The van der Waals surface area contributed by atoms with Crippen molar-refractivity contribution in [1.29, 1.82) is 0 Å². The van der Waals surface area contributed by atoms with E-state index in [1.165, 1.54) is 17.8 Å². The van der Waals surface area contributed by atoms with Crippen LogP contribution in [0.2, 0.25) is 0 Å². The van der Waals surface area contributed by atoms with Gasteiger partial charge in [-0.2, -0.15) is 4.98 Å². The molecule has 2 aliphatic heterocycles. The van der Waals surface area contributed by atoms with E-state index < -0.39 is 17.5 Å². The van der Waals surface area contributed by atoms with Crippen LogP contribution < -0.4 is 10.1 Å². The lowest BCUT2D eigenvalue weighted by molar-refractivity contribution is -0.151. The molecular weight excluding hydrogens is 468 g/mol. The fourth-order valence-electron chi connectivity index (χ4n) is 5.19. The lowest BCUT2D eigenvalue weighted by Crippen LogP contribution is -2.67. The molecule has 36 heavy (non-hydrogen) atoms. The summed E-state index contributed by atoms with van der Waals surface area (Å²) in [6, 6.07) is 4.81. The maximum atomic E-state index is 15.8. The van der Waals surface area contributed by atoms with Gasteiger partial charge in [0, 0.05) is 25.5 Å². The van der Waals surface area contributed by atoms with Gasteiger partial charge in [0.25, 0.3) is 0 Å². The molecule has 0 unspecified atom stereocenters. The molecule has 3 aromatic heterocycles. The second kappa shape index (κ2) is 8.31. The van der Waals surface area contributed by atoms with Gasteiger partial charge >= 0.3 is 0 Å². The molecule has 2 aliphatic rings. The molecule has 4 aromatic rings. The monoisotopic (exact) mass is 495 g/mol. The zero-order valence-electron chi connectivity index (χ0n) is 20.3. The number of benzene rings is 1. The lowest BCUT2D eigenvalue weighted by atomic mass is 9.86. The molecule has 0 saturated carbocycles. The Morgan fingerprint density at radius 2 is 1.94 bits per heavy atom. The van der Waals surface area contributed by atoms with Crippen molar-refractivity contribution in [3.63, 3.8) is 0 Å². The number of aromatic nitrogens is 5. The first-order valence-electron chi connectivity index (χ1n) is 11.9. The predicted molar refractivity (Wildman–Crippen MR) is 130 cm³/mol. The van der Waals surface area contributed by atoms with Crippen molar-refractivity contribution in [2.75, 3.05) is 38.7 Å². The van der Waals surface area contributed by atoms with Crippen molar-refractivity contribution in [2.24, 2.45) is 0 Å². The minimum absolute atomic E-state index is 0.121. The second-order valence-electron chi connectivity index (χ2n) is 10.0. The number of likely N-dealkylation sites (tertiary alicyclic amines) is 1.